The lowest BCUT2D eigenvalue weighted by Crippen LogP contribution is -2.25. The molecule has 86 valence electrons. The number of carbonyl (C=O) groups excluding carboxylic acids is 2. The molecule has 0 aliphatic carbocycles. The van der Waals surface area contributed by atoms with Crippen LogP contribution in [0.4, 0.5) is 21.0 Å². The van der Waals surface area contributed by atoms with Gasteiger partial charge in [0.2, 0.25) is 0 Å². The minimum atomic E-state index is -0.308. The van der Waals surface area contributed by atoms with E-state index in [-0.39, 0.29) is 12.1 Å². The number of anilines is 2. The van der Waals surface area contributed by atoms with Gasteiger partial charge in [-0.25, -0.2) is 9.59 Å². The van der Waals surface area contributed by atoms with Gasteiger partial charge in [-0.3, -0.25) is 0 Å². The lowest BCUT2D eigenvalue weighted by molar-refractivity contribution is 0.253. The standard InChI is InChI=1S/C10H14N4O2/c1-11-9(15)13-7-4-3-5-8(6-7)14-10(16)12-2/h3-6H,1-2H3,(H2,11,13,15)(H2,12,14,16). The van der Waals surface area contributed by atoms with Crippen LogP contribution >= 0.6 is 0 Å². The van der Waals surface area contributed by atoms with Gasteiger partial charge in [-0.05, 0) is 18.2 Å². The first-order valence-electron chi connectivity index (χ1n) is 4.73. The van der Waals surface area contributed by atoms with Crippen molar-refractivity contribution < 1.29 is 9.59 Å². The second kappa shape index (κ2) is 5.59. The molecule has 0 atom stereocenters. The quantitative estimate of drug-likeness (QED) is 0.606. The molecule has 1 aromatic carbocycles. The van der Waals surface area contributed by atoms with Crippen LogP contribution in [-0.2, 0) is 0 Å². The molecule has 16 heavy (non-hydrogen) atoms. The Morgan fingerprint density at radius 1 is 0.938 bits per heavy atom. The Bertz CT molecular complexity index is 359. The smallest absolute Gasteiger partial charge is 0.318 e. The first-order valence-corrected chi connectivity index (χ1v) is 4.73. The van der Waals surface area contributed by atoms with E-state index in [9.17, 15) is 9.59 Å². The largest absolute Gasteiger partial charge is 0.341 e. The van der Waals surface area contributed by atoms with E-state index in [0.717, 1.165) is 0 Å². The topological polar surface area (TPSA) is 82.3 Å². The van der Waals surface area contributed by atoms with Gasteiger partial charge in [0.05, 0.1) is 0 Å². The number of benzene rings is 1. The lowest BCUT2D eigenvalue weighted by Gasteiger charge is -2.07. The number of hydrogen-bond donors (Lipinski definition) is 4. The molecular weight excluding hydrogens is 208 g/mol. The summed E-state index contributed by atoms with van der Waals surface area (Å²) in [5.41, 5.74) is 1.21. The van der Waals surface area contributed by atoms with Gasteiger partial charge < -0.3 is 21.3 Å². The van der Waals surface area contributed by atoms with E-state index in [1.54, 1.807) is 24.3 Å². The Kier molecular flexibility index (Phi) is 4.14. The number of amides is 4. The number of urea groups is 2. The zero-order valence-corrected chi connectivity index (χ0v) is 9.13. The van der Waals surface area contributed by atoms with Gasteiger partial charge >= 0.3 is 12.1 Å². The Labute approximate surface area is 93.4 Å². The van der Waals surface area contributed by atoms with Gasteiger partial charge in [0.1, 0.15) is 0 Å². The third-order valence-electron chi connectivity index (χ3n) is 1.83. The molecule has 0 aromatic heterocycles. The maximum Gasteiger partial charge on any atom is 0.318 e. The minimum absolute atomic E-state index is 0.308. The molecule has 1 aromatic rings. The van der Waals surface area contributed by atoms with Crippen LogP contribution in [0, 0.1) is 0 Å². The van der Waals surface area contributed by atoms with Crippen molar-refractivity contribution in [1.29, 1.82) is 0 Å². The van der Waals surface area contributed by atoms with Crippen LogP contribution in [-0.4, -0.2) is 26.2 Å². The van der Waals surface area contributed by atoms with E-state index in [4.69, 9.17) is 0 Å². The van der Waals surface area contributed by atoms with E-state index in [1.165, 1.54) is 14.1 Å². The van der Waals surface area contributed by atoms with E-state index >= 15 is 0 Å². The average molecular weight is 222 g/mol. The molecule has 0 aliphatic rings. The van der Waals surface area contributed by atoms with Crippen molar-refractivity contribution in [3.63, 3.8) is 0 Å². The molecule has 0 saturated heterocycles. The molecule has 1 rings (SSSR count). The van der Waals surface area contributed by atoms with Crippen molar-refractivity contribution in [2.75, 3.05) is 24.7 Å². The fourth-order valence-electron chi connectivity index (χ4n) is 1.06. The molecule has 0 radical (unpaired) electrons. The Balaban J connectivity index is 2.71. The lowest BCUT2D eigenvalue weighted by atomic mass is 10.3. The summed E-state index contributed by atoms with van der Waals surface area (Å²) >= 11 is 0. The SMILES string of the molecule is CNC(=O)Nc1cccc(NC(=O)NC)c1. The molecule has 0 saturated carbocycles. The van der Waals surface area contributed by atoms with Crippen LogP contribution in [0.5, 0.6) is 0 Å². The molecule has 4 N–H and O–H groups in total. The summed E-state index contributed by atoms with van der Waals surface area (Å²) in [5.74, 6) is 0. The summed E-state index contributed by atoms with van der Waals surface area (Å²) in [6.45, 7) is 0. The van der Waals surface area contributed by atoms with E-state index in [2.05, 4.69) is 21.3 Å². The van der Waals surface area contributed by atoms with Gasteiger partial charge in [-0.1, -0.05) is 6.07 Å². The number of hydrogen-bond acceptors (Lipinski definition) is 2. The highest BCUT2D eigenvalue weighted by molar-refractivity contribution is 5.92. The molecule has 0 heterocycles. The second-order valence-electron chi connectivity index (χ2n) is 2.99. The molecular formula is C10H14N4O2. The zero-order chi connectivity index (χ0) is 12.0. The molecule has 0 aliphatic heterocycles. The van der Waals surface area contributed by atoms with Crippen molar-refractivity contribution in [3.05, 3.63) is 24.3 Å². The first-order chi connectivity index (χ1) is 7.65. The van der Waals surface area contributed by atoms with Crippen LogP contribution in [0.2, 0.25) is 0 Å². The van der Waals surface area contributed by atoms with Gasteiger partial charge in [-0.2, -0.15) is 0 Å². The predicted molar refractivity (Wildman–Crippen MR) is 62.6 cm³/mol. The minimum Gasteiger partial charge on any atom is -0.341 e. The summed E-state index contributed by atoms with van der Waals surface area (Å²) in [5, 5.41) is 10.1. The van der Waals surface area contributed by atoms with Crippen molar-refractivity contribution in [2.24, 2.45) is 0 Å². The van der Waals surface area contributed by atoms with Gasteiger partial charge in [0.25, 0.3) is 0 Å². The number of rotatable bonds is 2. The van der Waals surface area contributed by atoms with Gasteiger partial charge in [0, 0.05) is 25.5 Å². The fourth-order valence-corrected chi connectivity index (χ4v) is 1.06. The van der Waals surface area contributed by atoms with E-state index in [1.807, 2.05) is 0 Å². The maximum atomic E-state index is 11.0. The summed E-state index contributed by atoms with van der Waals surface area (Å²) < 4.78 is 0. The molecule has 0 unspecified atom stereocenters. The average Bonchev–Trinajstić information content (AvgIpc) is 2.29. The third kappa shape index (κ3) is 3.49. The van der Waals surface area contributed by atoms with E-state index < -0.39 is 0 Å². The summed E-state index contributed by atoms with van der Waals surface area (Å²) in [6.07, 6.45) is 0. The highest BCUT2D eigenvalue weighted by Gasteiger charge is 2.01. The molecule has 6 heteroatoms. The second-order valence-corrected chi connectivity index (χ2v) is 2.99. The highest BCUT2D eigenvalue weighted by atomic mass is 16.2. The van der Waals surface area contributed by atoms with Gasteiger partial charge in [0.15, 0.2) is 0 Å². The Hall–Kier alpha value is -2.24. The van der Waals surface area contributed by atoms with Crippen molar-refractivity contribution in [2.45, 2.75) is 0 Å². The molecule has 4 amide bonds. The normalized spacial score (nSPS) is 9.12. The summed E-state index contributed by atoms with van der Waals surface area (Å²) in [6, 6.07) is 6.23. The van der Waals surface area contributed by atoms with Crippen LogP contribution in [0.25, 0.3) is 0 Å². The molecule has 0 spiro atoms. The fraction of sp³-hybridized carbons (Fsp3) is 0.200. The third-order valence-corrected chi connectivity index (χ3v) is 1.83. The Morgan fingerprint density at radius 3 is 1.75 bits per heavy atom. The first kappa shape index (κ1) is 11.8. The van der Waals surface area contributed by atoms with Crippen molar-refractivity contribution in [3.8, 4) is 0 Å². The van der Waals surface area contributed by atoms with Crippen LogP contribution < -0.4 is 21.3 Å². The number of nitrogens with one attached hydrogen (secondary N) is 4. The van der Waals surface area contributed by atoms with Crippen LogP contribution in [0.15, 0.2) is 24.3 Å². The maximum absolute atomic E-state index is 11.0. The molecule has 6 nitrogen and oxygen atoms in total. The highest BCUT2D eigenvalue weighted by Crippen LogP contribution is 2.14. The zero-order valence-electron chi connectivity index (χ0n) is 9.13. The predicted octanol–water partition coefficient (Wildman–Crippen LogP) is 1.19. The van der Waals surface area contributed by atoms with E-state index in [0.29, 0.717) is 11.4 Å². The Morgan fingerprint density at radius 2 is 1.38 bits per heavy atom. The number of carbonyl (C=O) groups is 2. The van der Waals surface area contributed by atoms with Crippen molar-refractivity contribution in [1.82, 2.24) is 10.6 Å². The monoisotopic (exact) mass is 222 g/mol. The van der Waals surface area contributed by atoms with Crippen LogP contribution in [0.1, 0.15) is 0 Å². The summed E-state index contributed by atoms with van der Waals surface area (Å²) in [4.78, 5) is 22.1. The molecule has 0 bridgehead atoms. The van der Waals surface area contributed by atoms with Gasteiger partial charge in [-0.15, -0.1) is 0 Å². The van der Waals surface area contributed by atoms with Crippen LogP contribution in [0.3, 0.4) is 0 Å². The summed E-state index contributed by atoms with van der Waals surface area (Å²) in [7, 11) is 3.06. The van der Waals surface area contributed by atoms with Crippen molar-refractivity contribution >= 4 is 23.4 Å². The molecule has 0 fully saturated rings.